The number of nitrogens with one attached hydrogen (secondary N) is 1. The molecular formula is C14H11ClN2O4S. The molecule has 0 atom stereocenters. The third kappa shape index (κ3) is 3.15. The summed E-state index contributed by atoms with van der Waals surface area (Å²) in [7, 11) is -3.72. The van der Waals surface area contributed by atoms with Crippen molar-refractivity contribution >= 4 is 27.8 Å². The molecule has 0 bridgehead atoms. The minimum absolute atomic E-state index is 0.0831. The lowest BCUT2D eigenvalue weighted by Gasteiger charge is -2.03. The average molecular weight is 339 g/mol. The average Bonchev–Trinajstić information content (AvgIpc) is 2.95. The second-order valence-electron chi connectivity index (χ2n) is 4.42. The number of rotatable bonds is 4. The number of benzene rings is 2. The normalized spacial score (nSPS) is 13.5. The molecule has 8 heteroatoms. The summed E-state index contributed by atoms with van der Waals surface area (Å²) in [5, 5.41) is 4.21. The van der Waals surface area contributed by atoms with Gasteiger partial charge < -0.3 is 9.47 Å². The van der Waals surface area contributed by atoms with E-state index in [0.29, 0.717) is 22.1 Å². The molecule has 22 heavy (non-hydrogen) atoms. The number of hydrogen-bond acceptors (Lipinski definition) is 5. The molecule has 0 amide bonds. The van der Waals surface area contributed by atoms with Gasteiger partial charge in [-0.25, -0.2) is 4.83 Å². The van der Waals surface area contributed by atoms with E-state index < -0.39 is 10.0 Å². The monoisotopic (exact) mass is 338 g/mol. The Kier molecular flexibility index (Phi) is 3.91. The zero-order valence-electron chi connectivity index (χ0n) is 11.2. The number of nitrogens with zero attached hydrogens (tertiary/aromatic N) is 1. The minimum Gasteiger partial charge on any atom is -0.454 e. The van der Waals surface area contributed by atoms with Gasteiger partial charge in [-0.05, 0) is 48.0 Å². The Morgan fingerprint density at radius 2 is 1.82 bits per heavy atom. The van der Waals surface area contributed by atoms with Crippen LogP contribution < -0.4 is 14.3 Å². The van der Waals surface area contributed by atoms with Crippen LogP contribution in [0.25, 0.3) is 0 Å². The van der Waals surface area contributed by atoms with Gasteiger partial charge in [0.25, 0.3) is 10.0 Å². The standard InChI is InChI=1S/C14H11ClN2O4S/c15-11-2-4-12(5-3-11)22(18,19)17-16-8-10-1-6-13-14(7-10)21-9-20-13/h1-8,17H,9H2. The Labute approximate surface area is 132 Å². The second-order valence-corrected chi connectivity index (χ2v) is 6.52. The number of halogens is 1. The van der Waals surface area contributed by atoms with Gasteiger partial charge in [-0.2, -0.15) is 13.5 Å². The van der Waals surface area contributed by atoms with E-state index in [1.54, 1.807) is 18.2 Å². The summed E-state index contributed by atoms with van der Waals surface area (Å²) in [6.07, 6.45) is 1.38. The van der Waals surface area contributed by atoms with Crippen LogP contribution in [0, 0.1) is 0 Å². The predicted octanol–water partition coefficient (Wildman–Crippen LogP) is 2.38. The van der Waals surface area contributed by atoms with Crippen LogP contribution in [0.3, 0.4) is 0 Å². The first-order valence-corrected chi connectivity index (χ1v) is 8.11. The molecule has 1 heterocycles. The van der Waals surface area contributed by atoms with Gasteiger partial charge in [-0.15, -0.1) is 0 Å². The lowest BCUT2D eigenvalue weighted by Crippen LogP contribution is -2.18. The fourth-order valence-corrected chi connectivity index (χ4v) is 2.75. The van der Waals surface area contributed by atoms with Gasteiger partial charge in [0.05, 0.1) is 11.1 Å². The number of sulfonamides is 1. The molecule has 2 aromatic rings. The summed E-state index contributed by atoms with van der Waals surface area (Å²) in [6.45, 7) is 0.180. The molecule has 0 unspecified atom stereocenters. The first-order chi connectivity index (χ1) is 10.5. The van der Waals surface area contributed by atoms with Crippen molar-refractivity contribution in [2.75, 3.05) is 6.79 Å². The van der Waals surface area contributed by atoms with E-state index in [4.69, 9.17) is 21.1 Å². The predicted molar refractivity (Wildman–Crippen MR) is 81.9 cm³/mol. The summed E-state index contributed by atoms with van der Waals surface area (Å²) < 4.78 is 34.4. The summed E-state index contributed by atoms with van der Waals surface area (Å²) >= 11 is 5.73. The molecule has 114 valence electrons. The smallest absolute Gasteiger partial charge is 0.276 e. The molecule has 3 rings (SSSR count). The summed E-state index contributed by atoms with van der Waals surface area (Å²) in [4.78, 5) is 2.22. The summed E-state index contributed by atoms with van der Waals surface area (Å²) in [5.41, 5.74) is 0.683. The van der Waals surface area contributed by atoms with Crippen molar-refractivity contribution in [2.24, 2.45) is 5.10 Å². The van der Waals surface area contributed by atoms with E-state index in [1.807, 2.05) is 0 Å². The SMILES string of the molecule is O=S(=O)(NN=Cc1ccc2c(c1)OCO2)c1ccc(Cl)cc1. The number of hydrogen-bond donors (Lipinski definition) is 1. The Balaban J connectivity index is 1.72. The molecular weight excluding hydrogens is 328 g/mol. The Morgan fingerprint density at radius 1 is 1.09 bits per heavy atom. The van der Waals surface area contributed by atoms with Gasteiger partial charge >= 0.3 is 0 Å². The Bertz CT molecular complexity index is 819. The first kappa shape index (κ1) is 14.7. The van der Waals surface area contributed by atoms with Crippen LogP contribution in [-0.4, -0.2) is 21.4 Å². The zero-order chi connectivity index (χ0) is 15.6. The van der Waals surface area contributed by atoms with Crippen LogP contribution in [-0.2, 0) is 10.0 Å². The highest BCUT2D eigenvalue weighted by molar-refractivity contribution is 7.89. The van der Waals surface area contributed by atoms with Gasteiger partial charge in [0.1, 0.15) is 0 Å². The van der Waals surface area contributed by atoms with Crippen LogP contribution in [0.5, 0.6) is 11.5 Å². The lowest BCUT2D eigenvalue weighted by atomic mass is 10.2. The van der Waals surface area contributed by atoms with Crippen LogP contribution in [0.1, 0.15) is 5.56 Å². The van der Waals surface area contributed by atoms with Crippen molar-refractivity contribution in [1.29, 1.82) is 0 Å². The van der Waals surface area contributed by atoms with Crippen molar-refractivity contribution < 1.29 is 17.9 Å². The van der Waals surface area contributed by atoms with Crippen molar-refractivity contribution in [2.45, 2.75) is 4.90 Å². The zero-order valence-corrected chi connectivity index (χ0v) is 12.8. The van der Waals surface area contributed by atoms with E-state index in [9.17, 15) is 8.42 Å². The van der Waals surface area contributed by atoms with Crippen molar-refractivity contribution in [3.63, 3.8) is 0 Å². The molecule has 2 aromatic carbocycles. The van der Waals surface area contributed by atoms with Crippen LogP contribution in [0.15, 0.2) is 52.5 Å². The maximum atomic E-state index is 12.0. The second kappa shape index (κ2) is 5.86. The molecule has 0 aliphatic carbocycles. The molecule has 1 N–H and O–H groups in total. The van der Waals surface area contributed by atoms with Crippen LogP contribution in [0.4, 0.5) is 0 Å². The van der Waals surface area contributed by atoms with Gasteiger partial charge in [0.15, 0.2) is 11.5 Å². The van der Waals surface area contributed by atoms with Crippen molar-refractivity contribution in [3.8, 4) is 11.5 Å². The highest BCUT2D eigenvalue weighted by Crippen LogP contribution is 2.31. The molecule has 0 saturated carbocycles. The maximum Gasteiger partial charge on any atom is 0.276 e. The van der Waals surface area contributed by atoms with E-state index in [2.05, 4.69) is 9.93 Å². The lowest BCUT2D eigenvalue weighted by molar-refractivity contribution is 0.174. The fourth-order valence-electron chi connectivity index (χ4n) is 1.83. The molecule has 0 fully saturated rings. The summed E-state index contributed by atoms with van der Waals surface area (Å²) in [5.74, 6) is 1.25. The molecule has 0 saturated heterocycles. The van der Waals surface area contributed by atoms with Gasteiger partial charge in [-0.3, -0.25) is 0 Å². The largest absolute Gasteiger partial charge is 0.454 e. The van der Waals surface area contributed by atoms with Gasteiger partial charge in [0, 0.05) is 5.02 Å². The third-order valence-electron chi connectivity index (χ3n) is 2.91. The number of ether oxygens (including phenoxy) is 2. The highest BCUT2D eigenvalue weighted by Gasteiger charge is 2.13. The van der Waals surface area contributed by atoms with Crippen molar-refractivity contribution in [1.82, 2.24) is 4.83 Å². The van der Waals surface area contributed by atoms with Crippen LogP contribution >= 0.6 is 11.6 Å². The molecule has 1 aliphatic rings. The molecule has 6 nitrogen and oxygen atoms in total. The van der Waals surface area contributed by atoms with E-state index >= 15 is 0 Å². The van der Waals surface area contributed by atoms with Crippen LogP contribution in [0.2, 0.25) is 5.02 Å². The van der Waals surface area contributed by atoms with Crippen molar-refractivity contribution in [3.05, 3.63) is 53.1 Å². The van der Waals surface area contributed by atoms with Gasteiger partial charge in [0.2, 0.25) is 6.79 Å². The van der Waals surface area contributed by atoms with E-state index in [-0.39, 0.29) is 11.7 Å². The molecule has 0 spiro atoms. The molecule has 0 aromatic heterocycles. The minimum atomic E-state index is -3.72. The molecule has 1 aliphatic heterocycles. The van der Waals surface area contributed by atoms with E-state index in [0.717, 1.165) is 0 Å². The first-order valence-electron chi connectivity index (χ1n) is 6.25. The number of hydrazone groups is 1. The highest BCUT2D eigenvalue weighted by atomic mass is 35.5. The maximum absolute atomic E-state index is 12.0. The van der Waals surface area contributed by atoms with Gasteiger partial charge in [-0.1, -0.05) is 11.6 Å². The van der Waals surface area contributed by atoms with E-state index in [1.165, 1.54) is 30.5 Å². The topological polar surface area (TPSA) is 77.0 Å². The Morgan fingerprint density at radius 3 is 2.59 bits per heavy atom. The fraction of sp³-hybridized carbons (Fsp3) is 0.0714. The molecule has 0 radical (unpaired) electrons. The summed E-state index contributed by atoms with van der Waals surface area (Å²) in [6, 6.07) is 11.0. The third-order valence-corrected chi connectivity index (χ3v) is 4.40. The Hall–Kier alpha value is -2.25. The number of fused-ring (bicyclic) bond motifs is 1. The quantitative estimate of drug-likeness (QED) is 0.686.